The van der Waals surface area contributed by atoms with Crippen molar-refractivity contribution in [1.82, 2.24) is 15.2 Å². The summed E-state index contributed by atoms with van der Waals surface area (Å²) in [4.78, 5) is 34.0. The predicted octanol–water partition coefficient (Wildman–Crippen LogP) is 5.21. The number of carbonyl (C=O) groups is 2. The van der Waals surface area contributed by atoms with Gasteiger partial charge in [0.25, 0.3) is 0 Å². The number of fused-ring (bicyclic) bond motifs is 1. The molecule has 0 bridgehead atoms. The molecular weight excluding hydrogens is 449 g/mol. The van der Waals surface area contributed by atoms with Crippen LogP contribution in [-0.2, 0) is 11.3 Å². The Morgan fingerprint density at radius 1 is 1.12 bits per heavy atom. The van der Waals surface area contributed by atoms with Crippen molar-refractivity contribution in [1.29, 1.82) is 0 Å². The predicted molar refractivity (Wildman–Crippen MR) is 132 cm³/mol. The van der Waals surface area contributed by atoms with Crippen LogP contribution in [0.3, 0.4) is 0 Å². The molecule has 1 aromatic heterocycles. The molecule has 2 aromatic rings. The van der Waals surface area contributed by atoms with Gasteiger partial charge in [-0.3, -0.25) is 9.69 Å². The number of rotatable bonds is 7. The average molecular weight is 480 g/mol. The monoisotopic (exact) mass is 479 g/mol. The molecule has 0 fully saturated rings. The first kappa shape index (κ1) is 25.9. The van der Waals surface area contributed by atoms with Gasteiger partial charge in [-0.15, -0.1) is 12.4 Å². The highest BCUT2D eigenvalue weighted by atomic mass is 35.5. The number of aromatic nitrogens is 1. The van der Waals surface area contributed by atoms with Crippen molar-refractivity contribution < 1.29 is 9.59 Å². The smallest absolute Gasteiger partial charge is 0.315 e. The first-order chi connectivity index (χ1) is 14.7. The molecule has 1 aliphatic heterocycles. The van der Waals surface area contributed by atoms with E-state index < -0.39 is 0 Å². The molecule has 2 atom stereocenters. The number of amides is 3. The Bertz CT molecular complexity index is 952. The van der Waals surface area contributed by atoms with Crippen molar-refractivity contribution >= 4 is 53.1 Å². The molecule has 0 spiro atoms. The molecule has 2 heterocycles. The third-order valence-electron chi connectivity index (χ3n) is 5.46. The number of pyridine rings is 1. The lowest BCUT2D eigenvalue weighted by atomic mass is 10.0. The van der Waals surface area contributed by atoms with Gasteiger partial charge in [0.2, 0.25) is 5.91 Å². The fraction of sp³-hybridized carbons (Fsp3) is 0.435. The van der Waals surface area contributed by atoms with E-state index >= 15 is 0 Å². The quantitative estimate of drug-likeness (QED) is 0.570. The summed E-state index contributed by atoms with van der Waals surface area (Å²) in [6, 6.07) is 10.3. The van der Waals surface area contributed by atoms with Crippen molar-refractivity contribution in [3.63, 3.8) is 0 Å². The molecule has 2 N–H and O–H groups in total. The van der Waals surface area contributed by atoms with Gasteiger partial charge in [-0.1, -0.05) is 25.4 Å². The fourth-order valence-corrected chi connectivity index (χ4v) is 3.83. The molecule has 7 nitrogen and oxygen atoms in total. The zero-order valence-corrected chi connectivity index (χ0v) is 20.6. The zero-order valence-electron chi connectivity index (χ0n) is 19.1. The van der Waals surface area contributed by atoms with Crippen LogP contribution < -0.4 is 15.5 Å². The second-order valence-electron chi connectivity index (χ2n) is 8.36. The molecule has 0 saturated heterocycles. The SMILES string of the molecule is CN[C@@H](C)C(=O)Nc1ccc2c(n1)CN(C(C)CC(C)C)C(=O)N2c1ccc(Cl)cc1.Cl. The average Bonchev–Trinajstić information content (AvgIpc) is 2.73. The van der Waals surface area contributed by atoms with Crippen molar-refractivity contribution in [3.8, 4) is 0 Å². The number of halogens is 2. The third kappa shape index (κ3) is 5.71. The van der Waals surface area contributed by atoms with Gasteiger partial charge in [-0.05, 0) is 69.6 Å². The number of likely N-dealkylation sites (N-methyl/N-ethyl adjacent to an activating group) is 1. The summed E-state index contributed by atoms with van der Waals surface area (Å²) in [6.07, 6.45) is 0.881. The van der Waals surface area contributed by atoms with Crippen LogP contribution in [-0.4, -0.2) is 41.0 Å². The summed E-state index contributed by atoms with van der Waals surface area (Å²) in [5, 5.41) is 6.36. The lowest BCUT2D eigenvalue weighted by Gasteiger charge is -2.40. The second-order valence-corrected chi connectivity index (χ2v) is 8.80. The van der Waals surface area contributed by atoms with E-state index in [2.05, 4.69) is 36.4 Å². The summed E-state index contributed by atoms with van der Waals surface area (Å²) in [7, 11) is 1.73. The summed E-state index contributed by atoms with van der Waals surface area (Å²) >= 11 is 6.06. The Kier molecular flexibility index (Phi) is 8.89. The minimum atomic E-state index is -0.340. The fourth-order valence-electron chi connectivity index (χ4n) is 3.70. The van der Waals surface area contributed by atoms with Crippen molar-refractivity contribution in [3.05, 3.63) is 47.1 Å². The summed E-state index contributed by atoms with van der Waals surface area (Å²) in [5.74, 6) is 0.754. The number of anilines is 3. The van der Waals surface area contributed by atoms with Crippen LogP contribution in [0.15, 0.2) is 36.4 Å². The maximum absolute atomic E-state index is 13.5. The van der Waals surface area contributed by atoms with Crippen LogP contribution in [0.4, 0.5) is 22.0 Å². The lowest BCUT2D eigenvalue weighted by Crippen LogP contribution is -2.49. The summed E-state index contributed by atoms with van der Waals surface area (Å²) < 4.78 is 0. The number of carbonyl (C=O) groups excluding carboxylic acids is 2. The van der Waals surface area contributed by atoms with E-state index in [1.165, 1.54) is 0 Å². The summed E-state index contributed by atoms with van der Waals surface area (Å²) in [6.45, 7) is 8.51. The Hall–Kier alpha value is -2.35. The van der Waals surface area contributed by atoms with Crippen LogP contribution in [0.2, 0.25) is 5.02 Å². The van der Waals surface area contributed by atoms with Gasteiger partial charge >= 0.3 is 6.03 Å². The van der Waals surface area contributed by atoms with Gasteiger partial charge in [0.15, 0.2) is 0 Å². The Labute approximate surface area is 200 Å². The van der Waals surface area contributed by atoms with E-state index in [4.69, 9.17) is 11.6 Å². The third-order valence-corrected chi connectivity index (χ3v) is 5.71. The van der Waals surface area contributed by atoms with Crippen LogP contribution in [0.25, 0.3) is 0 Å². The number of nitrogens with zero attached hydrogens (tertiary/aromatic N) is 3. The molecule has 1 unspecified atom stereocenters. The molecule has 0 saturated carbocycles. The van der Waals surface area contributed by atoms with Gasteiger partial charge in [0.05, 0.1) is 29.7 Å². The Balaban J connectivity index is 0.00000363. The number of benzene rings is 1. The van der Waals surface area contributed by atoms with Gasteiger partial charge in [0, 0.05) is 11.1 Å². The normalized spacial score (nSPS) is 15.2. The van der Waals surface area contributed by atoms with E-state index in [1.807, 2.05) is 23.1 Å². The molecule has 32 heavy (non-hydrogen) atoms. The Morgan fingerprint density at radius 3 is 2.38 bits per heavy atom. The molecule has 1 aromatic carbocycles. The summed E-state index contributed by atoms with van der Waals surface area (Å²) in [5.41, 5.74) is 2.17. The van der Waals surface area contributed by atoms with Crippen molar-refractivity contribution in [2.45, 2.75) is 52.7 Å². The highest BCUT2D eigenvalue weighted by molar-refractivity contribution is 6.30. The molecule has 9 heteroatoms. The van der Waals surface area contributed by atoms with Gasteiger partial charge in [-0.25, -0.2) is 9.78 Å². The molecule has 3 rings (SSSR count). The number of urea groups is 1. The van der Waals surface area contributed by atoms with E-state index in [0.29, 0.717) is 29.0 Å². The van der Waals surface area contributed by atoms with Crippen molar-refractivity contribution in [2.24, 2.45) is 5.92 Å². The van der Waals surface area contributed by atoms with Crippen LogP contribution in [0, 0.1) is 5.92 Å². The topological polar surface area (TPSA) is 77.6 Å². The molecular formula is C23H31Cl2N5O2. The first-order valence-electron chi connectivity index (χ1n) is 10.6. The van der Waals surface area contributed by atoms with E-state index in [9.17, 15) is 9.59 Å². The van der Waals surface area contributed by atoms with E-state index in [1.54, 1.807) is 37.1 Å². The largest absolute Gasteiger partial charge is 0.329 e. The van der Waals surface area contributed by atoms with Crippen molar-refractivity contribution in [2.75, 3.05) is 17.3 Å². The number of nitrogens with one attached hydrogen (secondary N) is 2. The highest BCUT2D eigenvalue weighted by Crippen LogP contribution is 2.36. The second kappa shape index (κ2) is 11.0. The molecule has 0 aliphatic carbocycles. The van der Waals surface area contributed by atoms with Gasteiger partial charge < -0.3 is 15.5 Å². The minimum Gasteiger partial charge on any atom is -0.315 e. The maximum Gasteiger partial charge on any atom is 0.329 e. The molecule has 1 aliphatic rings. The van der Waals surface area contributed by atoms with E-state index in [-0.39, 0.29) is 36.4 Å². The maximum atomic E-state index is 13.5. The lowest BCUT2D eigenvalue weighted by molar-refractivity contribution is -0.117. The zero-order chi connectivity index (χ0) is 22.7. The Morgan fingerprint density at radius 2 is 1.78 bits per heavy atom. The standard InChI is InChI=1S/C23H30ClN5O2.ClH/c1-14(2)12-15(3)28-13-19-20(10-11-21(26-19)27-22(30)16(4)25-5)29(23(28)31)18-8-6-17(24)7-9-18;/h6-11,14-16,25H,12-13H2,1-5H3,(H,26,27,30);1H/t15?,16-;/m0./s1. The molecule has 3 amide bonds. The molecule has 0 radical (unpaired) electrons. The van der Waals surface area contributed by atoms with Crippen LogP contribution >= 0.6 is 24.0 Å². The highest BCUT2D eigenvalue weighted by Gasteiger charge is 2.35. The van der Waals surface area contributed by atoms with E-state index in [0.717, 1.165) is 17.8 Å². The number of hydrogen-bond acceptors (Lipinski definition) is 4. The first-order valence-corrected chi connectivity index (χ1v) is 10.9. The number of hydrogen-bond donors (Lipinski definition) is 2. The van der Waals surface area contributed by atoms with Gasteiger partial charge in [-0.2, -0.15) is 0 Å². The molecule has 174 valence electrons. The van der Waals surface area contributed by atoms with Gasteiger partial charge in [0.1, 0.15) is 5.82 Å². The minimum absolute atomic E-state index is 0. The van der Waals surface area contributed by atoms with Crippen LogP contribution in [0.1, 0.15) is 39.8 Å². The van der Waals surface area contributed by atoms with Crippen LogP contribution in [0.5, 0.6) is 0 Å².